The van der Waals surface area contributed by atoms with E-state index in [9.17, 15) is 20.1 Å². The molecule has 0 saturated carbocycles. The molecule has 2 aromatic rings. The van der Waals surface area contributed by atoms with Crippen LogP contribution in [-0.2, 0) is 16.1 Å². The van der Waals surface area contributed by atoms with Crippen LogP contribution in [0.15, 0.2) is 48.5 Å². The van der Waals surface area contributed by atoms with Gasteiger partial charge in [0.25, 0.3) is 0 Å². The van der Waals surface area contributed by atoms with Gasteiger partial charge in [-0.1, -0.05) is 24.3 Å². The number of methoxy groups -OCH3 is 1. The Balaban J connectivity index is 1.64. The molecule has 0 bridgehead atoms. The molecule has 2 aromatic carbocycles. The molecule has 0 radical (unpaired) electrons. The van der Waals surface area contributed by atoms with Crippen molar-refractivity contribution in [2.24, 2.45) is 0 Å². The summed E-state index contributed by atoms with van der Waals surface area (Å²) in [4.78, 5) is 11.6. The number of carbonyl (C=O) groups excluding carboxylic acids is 1. The highest BCUT2D eigenvalue weighted by molar-refractivity contribution is 5.89. The highest BCUT2D eigenvalue weighted by Gasteiger charge is 2.37. The third-order valence-corrected chi connectivity index (χ3v) is 4.71. The molecule has 3 rings (SSSR count). The van der Waals surface area contributed by atoms with E-state index in [4.69, 9.17) is 14.2 Å². The van der Waals surface area contributed by atoms with E-state index < -0.39 is 30.4 Å². The number of benzene rings is 2. The van der Waals surface area contributed by atoms with Crippen LogP contribution in [0.4, 0.5) is 0 Å². The molecule has 3 N–H and O–H groups in total. The molecule has 4 unspecified atom stereocenters. The van der Waals surface area contributed by atoms with Crippen LogP contribution in [0, 0.1) is 0 Å². The molecule has 1 fully saturated rings. The molecule has 0 aromatic heterocycles. The number of hydrogen-bond donors (Lipinski definition) is 3. The maximum atomic E-state index is 11.6. The predicted molar refractivity (Wildman–Crippen MR) is 99.9 cm³/mol. The van der Waals surface area contributed by atoms with Crippen LogP contribution in [-0.4, -0.2) is 53.3 Å². The summed E-state index contributed by atoms with van der Waals surface area (Å²) in [6.07, 6.45) is -3.04. The van der Waals surface area contributed by atoms with Gasteiger partial charge in [0.05, 0.1) is 31.5 Å². The number of aliphatic hydroxyl groups is 3. The molecular formula is C21H24O7. The van der Waals surface area contributed by atoms with Gasteiger partial charge in [-0.05, 0) is 35.4 Å². The van der Waals surface area contributed by atoms with Crippen molar-refractivity contribution < 1.29 is 34.3 Å². The summed E-state index contributed by atoms with van der Waals surface area (Å²) in [6, 6.07) is 14.0. The Labute approximate surface area is 163 Å². The SMILES string of the molecule is COC(=O)c1cccc(COc2ccc(C3OC(CO)CC(O)C3O)cc2)c1. The van der Waals surface area contributed by atoms with E-state index in [2.05, 4.69) is 0 Å². The minimum atomic E-state index is -1.06. The fourth-order valence-corrected chi connectivity index (χ4v) is 3.17. The first-order valence-electron chi connectivity index (χ1n) is 9.04. The lowest BCUT2D eigenvalue weighted by Crippen LogP contribution is -2.44. The van der Waals surface area contributed by atoms with E-state index in [-0.39, 0.29) is 19.6 Å². The van der Waals surface area contributed by atoms with Crippen molar-refractivity contribution in [1.29, 1.82) is 0 Å². The number of aliphatic hydroxyl groups excluding tert-OH is 3. The minimum Gasteiger partial charge on any atom is -0.489 e. The molecule has 0 spiro atoms. The van der Waals surface area contributed by atoms with E-state index in [1.54, 1.807) is 42.5 Å². The van der Waals surface area contributed by atoms with Crippen molar-refractivity contribution in [3.8, 4) is 5.75 Å². The first kappa shape index (κ1) is 20.3. The molecule has 0 amide bonds. The van der Waals surface area contributed by atoms with E-state index in [1.165, 1.54) is 7.11 Å². The second-order valence-corrected chi connectivity index (χ2v) is 6.70. The molecule has 1 aliphatic rings. The van der Waals surface area contributed by atoms with Crippen molar-refractivity contribution in [2.45, 2.75) is 37.4 Å². The lowest BCUT2D eigenvalue weighted by atomic mass is 9.93. The number of hydrogen-bond acceptors (Lipinski definition) is 7. The molecule has 1 saturated heterocycles. The first-order valence-corrected chi connectivity index (χ1v) is 9.04. The average Bonchev–Trinajstić information content (AvgIpc) is 2.74. The third-order valence-electron chi connectivity index (χ3n) is 4.71. The van der Waals surface area contributed by atoms with Crippen LogP contribution < -0.4 is 4.74 Å². The number of esters is 1. The second-order valence-electron chi connectivity index (χ2n) is 6.70. The molecule has 4 atom stereocenters. The van der Waals surface area contributed by atoms with Gasteiger partial charge >= 0.3 is 5.97 Å². The van der Waals surface area contributed by atoms with E-state index in [0.29, 0.717) is 16.9 Å². The molecule has 0 aliphatic carbocycles. The van der Waals surface area contributed by atoms with E-state index in [0.717, 1.165) is 5.56 Å². The van der Waals surface area contributed by atoms with Gasteiger partial charge in [-0.15, -0.1) is 0 Å². The summed E-state index contributed by atoms with van der Waals surface area (Å²) in [5, 5.41) is 29.4. The third kappa shape index (κ3) is 4.69. The van der Waals surface area contributed by atoms with Crippen LogP contribution >= 0.6 is 0 Å². The summed E-state index contributed by atoms with van der Waals surface area (Å²) in [5.74, 6) is 0.206. The Morgan fingerprint density at radius 1 is 1.18 bits per heavy atom. The van der Waals surface area contributed by atoms with Crippen LogP contribution in [0.25, 0.3) is 0 Å². The van der Waals surface area contributed by atoms with Crippen LogP contribution in [0.5, 0.6) is 5.75 Å². The van der Waals surface area contributed by atoms with Gasteiger partial charge in [0.15, 0.2) is 0 Å². The topological polar surface area (TPSA) is 105 Å². The molecule has 7 heteroatoms. The number of carbonyl (C=O) groups is 1. The summed E-state index contributed by atoms with van der Waals surface area (Å²) in [7, 11) is 1.34. The fraction of sp³-hybridized carbons (Fsp3) is 0.381. The quantitative estimate of drug-likeness (QED) is 0.646. The first-order chi connectivity index (χ1) is 13.5. The van der Waals surface area contributed by atoms with Crippen LogP contribution in [0.1, 0.15) is 34.0 Å². The van der Waals surface area contributed by atoms with Gasteiger partial charge in [0.2, 0.25) is 0 Å². The van der Waals surface area contributed by atoms with Crippen molar-refractivity contribution in [3.63, 3.8) is 0 Å². The van der Waals surface area contributed by atoms with Gasteiger partial charge < -0.3 is 29.5 Å². The number of rotatable bonds is 6. The summed E-state index contributed by atoms with van der Waals surface area (Å²) < 4.78 is 16.1. The second kappa shape index (κ2) is 9.16. The summed E-state index contributed by atoms with van der Waals surface area (Å²) in [6.45, 7) is 0.0597. The summed E-state index contributed by atoms with van der Waals surface area (Å²) in [5.41, 5.74) is 1.97. The maximum Gasteiger partial charge on any atom is 0.337 e. The van der Waals surface area contributed by atoms with Gasteiger partial charge in [0, 0.05) is 6.42 Å². The lowest BCUT2D eigenvalue weighted by Gasteiger charge is -2.36. The smallest absolute Gasteiger partial charge is 0.337 e. The highest BCUT2D eigenvalue weighted by Crippen LogP contribution is 2.32. The zero-order valence-electron chi connectivity index (χ0n) is 15.5. The summed E-state index contributed by atoms with van der Waals surface area (Å²) >= 11 is 0. The highest BCUT2D eigenvalue weighted by atomic mass is 16.5. The Bertz CT molecular complexity index is 790. The molecule has 28 heavy (non-hydrogen) atoms. The minimum absolute atomic E-state index is 0.194. The Hall–Kier alpha value is -2.45. The van der Waals surface area contributed by atoms with E-state index in [1.807, 2.05) is 6.07 Å². The van der Waals surface area contributed by atoms with Gasteiger partial charge in [0.1, 0.15) is 24.6 Å². The van der Waals surface area contributed by atoms with Crippen molar-refractivity contribution in [3.05, 3.63) is 65.2 Å². The van der Waals surface area contributed by atoms with Crippen molar-refractivity contribution >= 4 is 5.97 Å². The Morgan fingerprint density at radius 3 is 2.61 bits per heavy atom. The Kier molecular flexibility index (Phi) is 6.64. The van der Waals surface area contributed by atoms with Gasteiger partial charge in [-0.3, -0.25) is 0 Å². The Morgan fingerprint density at radius 2 is 1.93 bits per heavy atom. The molecule has 1 aliphatic heterocycles. The van der Waals surface area contributed by atoms with Gasteiger partial charge in [-0.25, -0.2) is 4.79 Å². The zero-order valence-corrected chi connectivity index (χ0v) is 15.5. The average molecular weight is 388 g/mol. The molecular weight excluding hydrogens is 364 g/mol. The molecule has 1 heterocycles. The molecule has 150 valence electrons. The van der Waals surface area contributed by atoms with Crippen molar-refractivity contribution in [2.75, 3.05) is 13.7 Å². The van der Waals surface area contributed by atoms with Crippen LogP contribution in [0.2, 0.25) is 0 Å². The fourth-order valence-electron chi connectivity index (χ4n) is 3.17. The molecule has 7 nitrogen and oxygen atoms in total. The van der Waals surface area contributed by atoms with E-state index >= 15 is 0 Å². The maximum absolute atomic E-state index is 11.6. The lowest BCUT2D eigenvalue weighted by molar-refractivity contribution is -0.179. The van der Waals surface area contributed by atoms with Crippen molar-refractivity contribution in [1.82, 2.24) is 0 Å². The van der Waals surface area contributed by atoms with Crippen LogP contribution in [0.3, 0.4) is 0 Å². The predicted octanol–water partition coefficient (Wildman–Crippen LogP) is 1.60. The normalized spacial score (nSPS) is 24.6. The standard InChI is InChI=1S/C21H24O7/c1-26-21(25)15-4-2-3-13(9-15)12-27-16-7-5-14(6-8-16)20-19(24)18(23)10-17(11-22)28-20/h2-9,17-20,22-24H,10-12H2,1H3. The monoisotopic (exact) mass is 388 g/mol. The van der Waals surface area contributed by atoms with Gasteiger partial charge in [-0.2, -0.15) is 0 Å². The zero-order chi connectivity index (χ0) is 20.1. The largest absolute Gasteiger partial charge is 0.489 e. The number of ether oxygens (including phenoxy) is 3.